The van der Waals surface area contributed by atoms with Crippen LogP contribution in [0.15, 0.2) is 48.7 Å². The summed E-state index contributed by atoms with van der Waals surface area (Å²) in [5.74, 6) is -0.473. The summed E-state index contributed by atoms with van der Waals surface area (Å²) in [5, 5.41) is 2.93. The Balaban J connectivity index is 1.39. The molecule has 1 atom stereocenters. The topological polar surface area (TPSA) is 80.8 Å². The highest BCUT2D eigenvalue weighted by atomic mass is 16.5. The number of esters is 1. The minimum atomic E-state index is -0.586. The monoisotopic (exact) mass is 369 g/mol. The average molecular weight is 369 g/mol. The molecule has 7 nitrogen and oxygen atoms in total. The number of hydrogen-bond donors (Lipinski definition) is 1. The Labute approximate surface area is 158 Å². The lowest BCUT2D eigenvalue weighted by Gasteiger charge is -2.16. The number of pyridine rings is 1. The number of benzene rings is 1. The number of nitrogens with zero attached hydrogens (tertiary/aromatic N) is 2. The zero-order valence-electron chi connectivity index (χ0n) is 15.3. The summed E-state index contributed by atoms with van der Waals surface area (Å²) in [5.41, 5.74) is 1.53. The number of ether oxygens (including phenoxy) is 2. The Morgan fingerprint density at radius 1 is 1.22 bits per heavy atom. The molecule has 1 amide bonds. The van der Waals surface area contributed by atoms with Crippen LogP contribution in [0, 0.1) is 0 Å². The summed E-state index contributed by atoms with van der Waals surface area (Å²) in [6, 6.07) is 13.4. The molecular formula is C20H23N3O4. The summed E-state index contributed by atoms with van der Waals surface area (Å²) >= 11 is 0. The van der Waals surface area contributed by atoms with Gasteiger partial charge < -0.3 is 14.8 Å². The zero-order valence-corrected chi connectivity index (χ0v) is 15.3. The number of rotatable bonds is 7. The minimum absolute atomic E-state index is 0.0718. The van der Waals surface area contributed by atoms with Gasteiger partial charge in [0.15, 0.2) is 6.61 Å². The third-order valence-corrected chi connectivity index (χ3v) is 4.40. The Morgan fingerprint density at radius 2 is 2.04 bits per heavy atom. The first-order chi connectivity index (χ1) is 13.1. The highest BCUT2D eigenvalue weighted by molar-refractivity contribution is 5.91. The lowest BCUT2D eigenvalue weighted by Crippen LogP contribution is -2.39. The number of nitrogens with one attached hydrogen (secondary N) is 1. The molecule has 2 heterocycles. The van der Waals surface area contributed by atoms with E-state index in [4.69, 9.17) is 9.47 Å². The van der Waals surface area contributed by atoms with Gasteiger partial charge in [0, 0.05) is 37.9 Å². The molecule has 1 aromatic heterocycles. The molecule has 0 spiro atoms. The molecular weight excluding hydrogens is 346 g/mol. The van der Waals surface area contributed by atoms with E-state index in [2.05, 4.69) is 27.3 Å². The van der Waals surface area contributed by atoms with Gasteiger partial charge in [-0.15, -0.1) is 0 Å². The smallest absolute Gasteiger partial charge is 0.340 e. The molecule has 0 bridgehead atoms. The van der Waals surface area contributed by atoms with Crippen LogP contribution in [0.3, 0.4) is 0 Å². The van der Waals surface area contributed by atoms with Crippen molar-refractivity contribution in [1.82, 2.24) is 15.2 Å². The maximum atomic E-state index is 12.1. The van der Waals surface area contributed by atoms with Crippen LogP contribution in [-0.4, -0.2) is 54.6 Å². The highest BCUT2D eigenvalue weighted by Gasteiger charge is 2.24. The molecule has 1 aliphatic heterocycles. The molecule has 0 aliphatic carbocycles. The zero-order chi connectivity index (χ0) is 19.1. The van der Waals surface area contributed by atoms with Crippen LogP contribution < -0.4 is 10.1 Å². The molecule has 0 radical (unpaired) electrons. The lowest BCUT2D eigenvalue weighted by atomic mass is 10.2. The second kappa shape index (κ2) is 9.14. The van der Waals surface area contributed by atoms with Crippen molar-refractivity contribution in [3.63, 3.8) is 0 Å². The van der Waals surface area contributed by atoms with Crippen LogP contribution in [0.2, 0.25) is 0 Å². The fourth-order valence-electron chi connectivity index (χ4n) is 3.04. The predicted octanol–water partition coefficient (Wildman–Crippen LogP) is 1.64. The van der Waals surface area contributed by atoms with Gasteiger partial charge in [-0.3, -0.25) is 9.69 Å². The first-order valence-electron chi connectivity index (χ1n) is 8.87. The number of aromatic nitrogens is 1. The second-order valence-corrected chi connectivity index (χ2v) is 6.44. The van der Waals surface area contributed by atoms with E-state index in [9.17, 15) is 9.59 Å². The second-order valence-electron chi connectivity index (χ2n) is 6.44. The van der Waals surface area contributed by atoms with E-state index < -0.39 is 5.97 Å². The summed E-state index contributed by atoms with van der Waals surface area (Å²) in [6.45, 7) is 2.28. The van der Waals surface area contributed by atoms with Gasteiger partial charge in [-0.05, 0) is 18.1 Å². The van der Waals surface area contributed by atoms with E-state index in [0.717, 1.165) is 26.1 Å². The van der Waals surface area contributed by atoms with Crippen molar-refractivity contribution in [3.8, 4) is 5.88 Å². The van der Waals surface area contributed by atoms with E-state index in [0.29, 0.717) is 5.88 Å². The Kier molecular flexibility index (Phi) is 6.38. The van der Waals surface area contributed by atoms with Crippen molar-refractivity contribution < 1.29 is 19.1 Å². The fourth-order valence-corrected chi connectivity index (χ4v) is 3.04. The van der Waals surface area contributed by atoms with Gasteiger partial charge in [-0.1, -0.05) is 30.3 Å². The maximum Gasteiger partial charge on any atom is 0.340 e. The van der Waals surface area contributed by atoms with Crippen LogP contribution in [0.5, 0.6) is 5.88 Å². The third kappa shape index (κ3) is 5.52. The van der Waals surface area contributed by atoms with Crippen molar-refractivity contribution in [1.29, 1.82) is 0 Å². The highest BCUT2D eigenvalue weighted by Crippen LogP contribution is 2.13. The number of carbonyl (C=O) groups excluding carboxylic acids is 2. The van der Waals surface area contributed by atoms with E-state index in [1.54, 1.807) is 12.1 Å². The number of amides is 1. The molecule has 2 aromatic rings. The van der Waals surface area contributed by atoms with Crippen LogP contribution in [0.25, 0.3) is 0 Å². The first kappa shape index (κ1) is 18.8. The van der Waals surface area contributed by atoms with Gasteiger partial charge in [0.1, 0.15) is 0 Å². The standard InChI is InChI=1S/C20H23N3O4/c1-26-19-8-7-16(11-21-19)20(25)27-14-18(24)22-17-9-10-23(13-17)12-15-5-3-2-4-6-15/h2-8,11,17H,9-10,12-14H2,1H3,(H,22,24). The van der Waals surface area contributed by atoms with Gasteiger partial charge in [-0.25, -0.2) is 9.78 Å². The number of hydrogen-bond acceptors (Lipinski definition) is 6. The van der Waals surface area contributed by atoms with Crippen molar-refractivity contribution in [2.75, 3.05) is 26.8 Å². The predicted molar refractivity (Wildman–Crippen MR) is 99.3 cm³/mol. The van der Waals surface area contributed by atoms with Gasteiger partial charge >= 0.3 is 5.97 Å². The van der Waals surface area contributed by atoms with Gasteiger partial charge in [0.25, 0.3) is 5.91 Å². The van der Waals surface area contributed by atoms with Crippen LogP contribution >= 0.6 is 0 Å². The van der Waals surface area contributed by atoms with Crippen molar-refractivity contribution in [2.24, 2.45) is 0 Å². The summed E-state index contributed by atoms with van der Waals surface area (Å²) in [4.78, 5) is 30.3. The molecule has 1 aliphatic rings. The fraction of sp³-hybridized carbons (Fsp3) is 0.350. The van der Waals surface area contributed by atoms with E-state index >= 15 is 0 Å². The molecule has 7 heteroatoms. The number of methoxy groups -OCH3 is 1. The Hall–Kier alpha value is -2.93. The summed E-state index contributed by atoms with van der Waals surface area (Å²) in [6.07, 6.45) is 2.24. The molecule has 3 rings (SSSR count). The SMILES string of the molecule is COc1ccc(C(=O)OCC(=O)NC2CCN(Cc3ccccc3)C2)cn1. The van der Waals surface area contributed by atoms with Crippen LogP contribution in [0.4, 0.5) is 0 Å². The molecule has 27 heavy (non-hydrogen) atoms. The van der Waals surface area contributed by atoms with Gasteiger partial charge in [-0.2, -0.15) is 0 Å². The van der Waals surface area contributed by atoms with E-state index in [-0.39, 0.29) is 24.1 Å². The largest absolute Gasteiger partial charge is 0.481 e. The van der Waals surface area contributed by atoms with Gasteiger partial charge in [0.05, 0.1) is 12.7 Å². The van der Waals surface area contributed by atoms with Crippen LogP contribution in [0.1, 0.15) is 22.3 Å². The average Bonchev–Trinajstić information content (AvgIpc) is 3.13. The molecule has 1 unspecified atom stereocenters. The quantitative estimate of drug-likeness (QED) is 0.748. The molecule has 1 aromatic carbocycles. The van der Waals surface area contributed by atoms with Gasteiger partial charge in [0.2, 0.25) is 5.88 Å². The van der Waals surface area contributed by atoms with Crippen molar-refractivity contribution in [3.05, 3.63) is 59.8 Å². The molecule has 1 saturated heterocycles. The Bertz CT molecular complexity index is 765. The minimum Gasteiger partial charge on any atom is -0.481 e. The normalized spacial score (nSPS) is 16.7. The molecule has 1 N–H and O–H groups in total. The Morgan fingerprint density at radius 3 is 2.74 bits per heavy atom. The molecule has 1 fully saturated rings. The maximum absolute atomic E-state index is 12.1. The third-order valence-electron chi connectivity index (χ3n) is 4.40. The summed E-state index contributed by atoms with van der Waals surface area (Å²) < 4.78 is 9.99. The summed E-state index contributed by atoms with van der Waals surface area (Å²) in [7, 11) is 1.49. The number of likely N-dealkylation sites (tertiary alicyclic amines) is 1. The molecule has 142 valence electrons. The van der Waals surface area contributed by atoms with Crippen LogP contribution in [-0.2, 0) is 16.1 Å². The first-order valence-corrected chi connectivity index (χ1v) is 8.87. The molecule has 0 saturated carbocycles. The van der Waals surface area contributed by atoms with Crippen molar-refractivity contribution >= 4 is 11.9 Å². The van der Waals surface area contributed by atoms with E-state index in [1.807, 2.05) is 18.2 Å². The van der Waals surface area contributed by atoms with Crippen molar-refractivity contribution in [2.45, 2.75) is 19.0 Å². The van der Waals surface area contributed by atoms with E-state index in [1.165, 1.54) is 18.9 Å². The number of carbonyl (C=O) groups is 2. The lowest BCUT2D eigenvalue weighted by molar-refractivity contribution is -0.124.